The van der Waals surface area contributed by atoms with Crippen LogP contribution in [0.25, 0.3) is 11.4 Å². The molecule has 0 saturated heterocycles. The molecule has 8 nitrogen and oxygen atoms in total. The van der Waals surface area contributed by atoms with Crippen molar-refractivity contribution in [3.05, 3.63) is 90.1 Å². The molecule has 1 N–H and O–H groups in total. The first kappa shape index (κ1) is 23.6. The van der Waals surface area contributed by atoms with Gasteiger partial charge < -0.3 is 24.3 Å². The van der Waals surface area contributed by atoms with Crippen molar-refractivity contribution >= 4 is 5.91 Å². The molecule has 0 aliphatic rings. The fourth-order valence-corrected chi connectivity index (χ4v) is 3.37. The first-order chi connectivity index (χ1) is 17.1. The summed E-state index contributed by atoms with van der Waals surface area (Å²) in [5, 5.41) is 2.91. The van der Waals surface area contributed by atoms with Crippen LogP contribution in [-0.4, -0.2) is 37.2 Å². The average molecular weight is 472 g/mol. The Morgan fingerprint density at radius 2 is 1.49 bits per heavy atom. The van der Waals surface area contributed by atoms with Crippen LogP contribution in [-0.2, 0) is 6.54 Å². The number of rotatable bonds is 9. The molecule has 4 rings (SSSR count). The molecule has 178 valence electrons. The first-order valence-electron chi connectivity index (χ1n) is 10.8. The second-order valence-corrected chi connectivity index (χ2v) is 7.43. The summed E-state index contributed by atoms with van der Waals surface area (Å²) >= 11 is 0. The predicted molar refractivity (Wildman–Crippen MR) is 131 cm³/mol. The maximum atomic E-state index is 12.7. The maximum Gasteiger partial charge on any atom is 0.251 e. The molecule has 0 unspecified atom stereocenters. The van der Waals surface area contributed by atoms with Crippen LogP contribution in [0.5, 0.6) is 28.9 Å². The Bertz CT molecular complexity index is 1290. The van der Waals surface area contributed by atoms with Gasteiger partial charge in [-0.2, -0.15) is 4.98 Å². The van der Waals surface area contributed by atoms with E-state index < -0.39 is 0 Å². The molecule has 0 fully saturated rings. The zero-order chi connectivity index (χ0) is 24.6. The van der Waals surface area contributed by atoms with E-state index in [4.69, 9.17) is 18.9 Å². The Morgan fingerprint density at radius 3 is 2.17 bits per heavy atom. The van der Waals surface area contributed by atoms with Crippen LogP contribution in [0, 0.1) is 0 Å². The van der Waals surface area contributed by atoms with Gasteiger partial charge >= 0.3 is 0 Å². The number of benzene rings is 3. The summed E-state index contributed by atoms with van der Waals surface area (Å²) in [5.41, 5.74) is 2.09. The van der Waals surface area contributed by atoms with Crippen LogP contribution >= 0.6 is 0 Å². The SMILES string of the molecule is COc1ccc(Oc2ccnc(-c3ccc(C(=O)NCc4cc(OC)ccc4OC)cc3)n2)cc1. The van der Waals surface area contributed by atoms with Crippen molar-refractivity contribution in [1.82, 2.24) is 15.3 Å². The van der Waals surface area contributed by atoms with Gasteiger partial charge in [-0.15, -0.1) is 0 Å². The third-order valence-electron chi connectivity index (χ3n) is 5.24. The molecule has 0 aliphatic carbocycles. The topological polar surface area (TPSA) is 91.8 Å². The lowest BCUT2D eigenvalue weighted by Crippen LogP contribution is -2.23. The van der Waals surface area contributed by atoms with Crippen molar-refractivity contribution in [2.24, 2.45) is 0 Å². The van der Waals surface area contributed by atoms with Gasteiger partial charge in [0.2, 0.25) is 5.88 Å². The summed E-state index contributed by atoms with van der Waals surface area (Å²) in [5.74, 6) is 3.44. The van der Waals surface area contributed by atoms with Crippen molar-refractivity contribution in [1.29, 1.82) is 0 Å². The highest BCUT2D eigenvalue weighted by Gasteiger charge is 2.11. The van der Waals surface area contributed by atoms with Gasteiger partial charge in [0.1, 0.15) is 23.0 Å². The highest BCUT2D eigenvalue weighted by molar-refractivity contribution is 5.94. The molecule has 0 aliphatic heterocycles. The summed E-state index contributed by atoms with van der Waals surface area (Å²) in [7, 11) is 4.79. The van der Waals surface area contributed by atoms with Gasteiger partial charge in [-0.25, -0.2) is 4.98 Å². The summed E-state index contributed by atoms with van der Waals surface area (Å²) in [4.78, 5) is 21.5. The highest BCUT2D eigenvalue weighted by atomic mass is 16.5. The largest absolute Gasteiger partial charge is 0.497 e. The normalized spacial score (nSPS) is 10.4. The Kier molecular flexibility index (Phi) is 7.42. The molecule has 0 radical (unpaired) electrons. The number of carbonyl (C=O) groups is 1. The minimum absolute atomic E-state index is 0.209. The lowest BCUT2D eigenvalue weighted by molar-refractivity contribution is 0.0950. The molecule has 1 amide bonds. The van der Waals surface area contributed by atoms with Crippen molar-refractivity contribution in [2.45, 2.75) is 6.54 Å². The van der Waals surface area contributed by atoms with E-state index in [1.54, 1.807) is 70.0 Å². The lowest BCUT2D eigenvalue weighted by atomic mass is 10.1. The number of hydrogen-bond acceptors (Lipinski definition) is 7. The number of hydrogen-bond donors (Lipinski definition) is 1. The van der Waals surface area contributed by atoms with Gasteiger partial charge in [-0.3, -0.25) is 4.79 Å². The van der Waals surface area contributed by atoms with E-state index in [0.717, 1.165) is 16.9 Å². The Hall–Kier alpha value is -4.59. The van der Waals surface area contributed by atoms with Gasteiger partial charge in [-0.1, -0.05) is 12.1 Å². The molecule has 1 aromatic heterocycles. The standard InChI is InChI=1S/C27H25N3O5/c1-32-21-8-10-22(11-9-21)35-25-14-15-28-26(30-25)18-4-6-19(7-5-18)27(31)29-17-20-16-23(33-2)12-13-24(20)34-3/h4-16H,17H2,1-3H3,(H,29,31). The summed E-state index contributed by atoms with van der Waals surface area (Å²) < 4.78 is 21.6. The van der Waals surface area contributed by atoms with E-state index in [1.807, 2.05) is 30.3 Å². The van der Waals surface area contributed by atoms with E-state index in [2.05, 4.69) is 15.3 Å². The van der Waals surface area contributed by atoms with Crippen molar-refractivity contribution in [3.63, 3.8) is 0 Å². The van der Waals surface area contributed by atoms with Crippen molar-refractivity contribution in [3.8, 4) is 40.3 Å². The number of carbonyl (C=O) groups excluding carboxylic acids is 1. The highest BCUT2D eigenvalue weighted by Crippen LogP contribution is 2.25. The van der Waals surface area contributed by atoms with E-state index in [1.165, 1.54) is 0 Å². The van der Waals surface area contributed by atoms with Crippen LogP contribution in [0.15, 0.2) is 79.0 Å². The molecule has 3 aromatic carbocycles. The van der Waals surface area contributed by atoms with Crippen molar-refractivity contribution < 1.29 is 23.7 Å². The van der Waals surface area contributed by atoms with Crippen LogP contribution in [0.2, 0.25) is 0 Å². The number of methoxy groups -OCH3 is 3. The van der Waals surface area contributed by atoms with Crippen LogP contribution in [0.1, 0.15) is 15.9 Å². The monoisotopic (exact) mass is 471 g/mol. The number of amides is 1. The van der Waals surface area contributed by atoms with Gasteiger partial charge in [0, 0.05) is 35.5 Å². The Balaban J connectivity index is 1.42. The van der Waals surface area contributed by atoms with E-state index in [0.29, 0.717) is 41.1 Å². The predicted octanol–water partition coefficient (Wildman–Crippen LogP) is 4.89. The number of nitrogens with one attached hydrogen (secondary N) is 1. The van der Waals surface area contributed by atoms with E-state index in [9.17, 15) is 4.79 Å². The zero-order valence-electron chi connectivity index (χ0n) is 19.6. The summed E-state index contributed by atoms with van der Waals surface area (Å²) in [6.45, 7) is 0.300. The van der Waals surface area contributed by atoms with Crippen LogP contribution in [0.3, 0.4) is 0 Å². The molecule has 1 heterocycles. The molecule has 4 aromatic rings. The van der Waals surface area contributed by atoms with Gasteiger partial charge in [-0.05, 0) is 54.6 Å². The minimum Gasteiger partial charge on any atom is -0.497 e. The minimum atomic E-state index is -0.209. The van der Waals surface area contributed by atoms with Gasteiger partial charge in [0.15, 0.2) is 5.82 Å². The number of aromatic nitrogens is 2. The van der Waals surface area contributed by atoms with Crippen LogP contribution in [0.4, 0.5) is 0 Å². The second kappa shape index (κ2) is 11.0. The molecule has 0 spiro atoms. The molecule has 8 heteroatoms. The van der Waals surface area contributed by atoms with E-state index >= 15 is 0 Å². The Labute approximate surface area is 203 Å². The summed E-state index contributed by atoms with van der Waals surface area (Å²) in [6, 6.07) is 21.4. The Morgan fingerprint density at radius 1 is 0.800 bits per heavy atom. The first-order valence-corrected chi connectivity index (χ1v) is 10.8. The zero-order valence-corrected chi connectivity index (χ0v) is 19.6. The van der Waals surface area contributed by atoms with Gasteiger partial charge in [0.05, 0.1) is 21.3 Å². The molecular formula is C27H25N3O5. The van der Waals surface area contributed by atoms with E-state index in [-0.39, 0.29) is 5.91 Å². The third kappa shape index (κ3) is 5.86. The number of nitrogens with zero attached hydrogens (tertiary/aromatic N) is 2. The quantitative estimate of drug-likeness (QED) is 0.372. The maximum absolute atomic E-state index is 12.7. The smallest absolute Gasteiger partial charge is 0.251 e. The molecule has 0 bridgehead atoms. The second-order valence-electron chi connectivity index (χ2n) is 7.43. The molecule has 0 saturated carbocycles. The molecule has 35 heavy (non-hydrogen) atoms. The lowest BCUT2D eigenvalue weighted by Gasteiger charge is -2.12. The molecular weight excluding hydrogens is 446 g/mol. The fourth-order valence-electron chi connectivity index (χ4n) is 3.37. The summed E-state index contributed by atoms with van der Waals surface area (Å²) in [6.07, 6.45) is 1.63. The third-order valence-corrected chi connectivity index (χ3v) is 5.24. The number of ether oxygens (including phenoxy) is 4. The van der Waals surface area contributed by atoms with Crippen molar-refractivity contribution in [2.75, 3.05) is 21.3 Å². The van der Waals surface area contributed by atoms with Crippen LogP contribution < -0.4 is 24.3 Å². The fraction of sp³-hybridized carbons (Fsp3) is 0.148. The molecule has 0 atom stereocenters. The average Bonchev–Trinajstić information content (AvgIpc) is 2.92. The van der Waals surface area contributed by atoms with Gasteiger partial charge in [0.25, 0.3) is 5.91 Å².